The predicted octanol–water partition coefficient (Wildman–Crippen LogP) is 2.93. The van der Waals surface area contributed by atoms with Crippen molar-refractivity contribution >= 4 is 11.5 Å². The average molecular weight is 288 g/mol. The minimum Gasteiger partial charge on any atom is -0.381 e. The van der Waals surface area contributed by atoms with E-state index in [1.807, 2.05) is 4.52 Å². The molecule has 3 heterocycles. The smallest absolute Gasteiger partial charge is 0.157 e. The lowest BCUT2D eigenvalue weighted by Gasteiger charge is -2.19. The van der Waals surface area contributed by atoms with Crippen LogP contribution in [0.5, 0.6) is 0 Å². The lowest BCUT2D eigenvalue weighted by Crippen LogP contribution is -2.15. The normalized spacial score (nSPS) is 16.5. The molecule has 5 heteroatoms. The lowest BCUT2D eigenvalue weighted by atomic mass is 9.97. The summed E-state index contributed by atoms with van der Waals surface area (Å²) in [6, 6.07) is 2.14. The van der Waals surface area contributed by atoms with Crippen LogP contribution in [0.2, 0.25) is 0 Å². The summed E-state index contributed by atoms with van der Waals surface area (Å²) in [7, 11) is 0. The molecule has 2 aromatic rings. The van der Waals surface area contributed by atoms with Crippen LogP contribution in [0.1, 0.15) is 49.6 Å². The van der Waals surface area contributed by atoms with Gasteiger partial charge in [-0.05, 0) is 33.1 Å². The second-order valence-electron chi connectivity index (χ2n) is 5.63. The first-order chi connectivity index (χ1) is 10.2. The van der Waals surface area contributed by atoms with Crippen molar-refractivity contribution in [3.63, 3.8) is 0 Å². The highest BCUT2D eigenvalue weighted by Crippen LogP contribution is 2.28. The number of hydrogen-bond donors (Lipinski definition) is 1. The average Bonchev–Trinajstić information content (AvgIpc) is 2.92. The van der Waals surface area contributed by atoms with E-state index in [1.165, 1.54) is 5.56 Å². The van der Waals surface area contributed by atoms with Gasteiger partial charge in [-0.15, -0.1) is 0 Å². The Kier molecular flexibility index (Phi) is 4.10. The van der Waals surface area contributed by atoms with Gasteiger partial charge in [0.15, 0.2) is 5.65 Å². The van der Waals surface area contributed by atoms with Crippen molar-refractivity contribution in [1.29, 1.82) is 0 Å². The molecule has 2 aromatic heterocycles. The van der Waals surface area contributed by atoms with Gasteiger partial charge in [-0.25, -0.2) is 4.98 Å². The highest BCUT2D eigenvalue weighted by molar-refractivity contribution is 5.56. The fourth-order valence-electron chi connectivity index (χ4n) is 3.14. The third-order valence-corrected chi connectivity index (χ3v) is 4.26. The number of aromatic nitrogens is 3. The Labute approximate surface area is 125 Å². The molecule has 1 saturated heterocycles. The van der Waals surface area contributed by atoms with Crippen molar-refractivity contribution in [1.82, 2.24) is 14.6 Å². The molecule has 0 aliphatic carbocycles. The summed E-state index contributed by atoms with van der Waals surface area (Å²) in [5, 5.41) is 8.30. The zero-order valence-electron chi connectivity index (χ0n) is 13.1. The summed E-state index contributed by atoms with van der Waals surface area (Å²) >= 11 is 0. The molecule has 0 saturated carbocycles. The van der Waals surface area contributed by atoms with Crippen LogP contribution in [0.3, 0.4) is 0 Å². The maximum atomic E-state index is 5.45. The molecule has 3 rings (SSSR count). The molecule has 5 nitrogen and oxygen atoms in total. The van der Waals surface area contributed by atoms with Gasteiger partial charge in [0.1, 0.15) is 5.82 Å². The third-order valence-electron chi connectivity index (χ3n) is 4.26. The Balaban J connectivity index is 2.08. The summed E-state index contributed by atoms with van der Waals surface area (Å²) < 4.78 is 7.44. The van der Waals surface area contributed by atoms with E-state index < -0.39 is 0 Å². The minimum atomic E-state index is 0.500. The Bertz CT molecular complexity index is 629. The first-order valence-corrected chi connectivity index (χ1v) is 7.95. The van der Waals surface area contributed by atoms with Gasteiger partial charge in [-0.1, -0.05) is 6.92 Å². The van der Waals surface area contributed by atoms with Crippen molar-refractivity contribution in [3.8, 4) is 0 Å². The molecule has 114 valence electrons. The first kappa shape index (κ1) is 14.3. The number of fused-ring (bicyclic) bond motifs is 1. The van der Waals surface area contributed by atoms with Crippen LogP contribution >= 0.6 is 0 Å². The summed E-state index contributed by atoms with van der Waals surface area (Å²) in [6.07, 6.45) is 3.07. The van der Waals surface area contributed by atoms with Crippen LogP contribution in [0.4, 0.5) is 5.82 Å². The van der Waals surface area contributed by atoms with Gasteiger partial charge in [0.05, 0.1) is 5.69 Å². The van der Waals surface area contributed by atoms with Gasteiger partial charge >= 0.3 is 0 Å². The molecule has 0 radical (unpaired) electrons. The quantitative estimate of drug-likeness (QED) is 0.940. The number of ether oxygens (including phenoxy) is 1. The van der Waals surface area contributed by atoms with Crippen molar-refractivity contribution in [3.05, 3.63) is 23.0 Å². The van der Waals surface area contributed by atoms with Crippen LogP contribution in [0.15, 0.2) is 6.07 Å². The maximum absolute atomic E-state index is 5.45. The van der Waals surface area contributed by atoms with Gasteiger partial charge in [-0.2, -0.15) is 9.61 Å². The number of hydrogen-bond acceptors (Lipinski definition) is 4. The monoisotopic (exact) mass is 288 g/mol. The molecule has 21 heavy (non-hydrogen) atoms. The van der Waals surface area contributed by atoms with E-state index in [4.69, 9.17) is 14.8 Å². The minimum absolute atomic E-state index is 0.500. The molecule has 1 aliphatic rings. The maximum Gasteiger partial charge on any atom is 0.157 e. The SMILES string of the molecule is CCNc1c(CC)c(C)nc2cc(C3CCOCC3)nn12. The molecule has 1 aliphatic heterocycles. The van der Waals surface area contributed by atoms with E-state index in [9.17, 15) is 0 Å². The van der Waals surface area contributed by atoms with Gasteiger partial charge in [0.25, 0.3) is 0 Å². The largest absolute Gasteiger partial charge is 0.381 e. The first-order valence-electron chi connectivity index (χ1n) is 7.95. The van der Waals surface area contributed by atoms with Crippen LogP contribution in [-0.2, 0) is 11.2 Å². The van der Waals surface area contributed by atoms with E-state index in [1.54, 1.807) is 0 Å². The number of anilines is 1. The fraction of sp³-hybridized carbons (Fsp3) is 0.625. The Hall–Kier alpha value is -1.62. The lowest BCUT2D eigenvalue weighted by molar-refractivity contribution is 0.0844. The number of nitrogens with zero attached hydrogens (tertiary/aromatic N) is 3. The standard InChI is InChI=1S/C16H24N4O/c1-4-13-11(3)18-15-10-14(12-6-8-21-9-7-12)19-20(15)16(13)17-5-2/h10,12,17H,4-9H2,1-3H3. The Morgan fingerprint density at radius 1 is 1.33 bits per heavy atom. The molecular formula is C16H24N4O. The molecule has 0 unspecified atom stereocenters. The molecule has 1 N–H and O–H groups in total. The van der Waals surface area contributed by atoms with Crippen molar-refractivity contribution < 1.29 is 4.74 Å². The van der Waals surface area contributed by atoms with Crippen LogP contribution in [0, 0.1) is 6.92 Å². The predicted molar refractivity (Wildman–Crippen MR) is 84.1 cm³/mol. The Morgan fingerprint density at radius 2 is 2.10 bits per heavy atom. The molecule has 0 bridgehead atoms. The van der Waals surface area contributed by atoms with E-state index in [0.29, 0.717) is 5.92 Å². The second-order valence-corrected chi connectivity index (χ2v) is 5.63. The van der Waals surface area contributed by atoms with E-state index in [0.717, 1.165) is 61.9 Å². The number of aryl methyl sites for hydroxylation is 1. The van der Waals surface area contributed by atoms with Gasteiger partial charge in [-0.3, -0.25) is 0 Å². The van der Waals surface area contributed by atoms with Gasteiger partial charge < -0.3 is 10.1 Å². The zero-order chi connectivity index (χ0) is 14.8. The zero-order valence-corrected chi connectivity index (χ0v) is 13.1. The van der Waals surface area contributed by atoms with E-state index >= 15 is 0 Å². The Morgan fingerprint density at radius 3 is 2.76 bits per heavy atom. The topological polar surface area (TPSA) is 51.5 Å². The number of rotatable bonds is 4. The van der Waals surface area contributed by atoms with Crippen LogP contribution < -0.4 is 5.32 Å². The molecule has 0 atom stereocenters. The molecular weight excluding hydrogens is 264 g/mol. The highest BCUT2D eigenvalue weighted by Gasteiger charge is 2.21. The van der Waals surface area contributed by atoms with Crippen molar-refractivity contribution in [2.75, 3.05) is 25.1 Å². The number of nitrogens with one attached hydrogen (secondary N) is 1. The third kappa shape index (κ3) is 2.62. The second kappa shape index (κ2) is 6.02. The summed E-state index contributed by atoms with van der Waals surface area (Å²) in [5.74, 6) is 1.60. The summed E-state index contributed by atoms with van der Waals surface area (Å²) in [5.41, 5.74) is 4.45. The fourth-order valence-corrected chi connectivity index (χ4v) is 3.14. The van der Waals surface area contributed by atoms with E-state index in [2.05, 4.69) is 32.2 Å². The van der Waals surface area contributed by atoms with Crippen LogP contribution in [-0.4, -0.2) is 34.4 Å². The van der Waals surface area contributed by atoms with Crippen molar-refractivity contribution in [2.45, 2.75) is 46.0 Å². The van der Waals surface area contributed by atoms with Gasteiger partial charge in [0.2, 0.25) is 0 Å². The molecule has 1 fully saturated rings. The summed E-state index contributed by atoms with van der Waals surface area (Å²) in [4.78, 5) is 4.73. The molecule has 0 spiro atoms. The summed E-state index contributed by atoms with van der Waals surface area (Å²) in [6.45, 7) is 8.93. The van der Waals surface area contributed by atoms with E-state index in [-0.39, 0.29) is 0 Å². The molecule has 0 aromatic carbocycles. The van der Waals surface area contributed by atoms with Crippen molar-refractivity contribution in [2.24, 2.45) is 0 Å². The molecule has 0 amide bonds. The highest BCUT2D eigenvalue weighted by atomic mass is 16.5. The van der Waals surface area contributed by atoms with Crippen LogP contribution in [0.25, 0.3) is 5.65 Å². The van der Waals surface area contributed by atoms with Gasteiger partial charge in [0, 0.05) is 43.0 Å².